The van der Waals surface area contributed by atoms with E-state index in [9.17, 15) is 14.7 Å². The molecule has 1 spiro atoms. The van der Waals surface area contributed by atoms with E-state index < -0.39 is 29.5 Å². The Morgan fingerprint density at radius 1 is 1.42 bits per heavy atom. The Labute approximate surface area is 139 Å². The summed E-state index contributed by atoms with van der Waals surface area (Å²) in [5, 5.41) is 9.50. The average Bonchev–Trinajstić information content (AvgIpc) is 3.22. The molecule has 0 aromatic heterocycles. The van der Waals surface area contributed by atoms with E-state index >= 15 is 0 Å². The molecule has 1 N–H and O–H groups in total. The summed E-state index contributed by atoms with van der Waals surface area (Å²) in [4.78, 5) is 26.3. The summed E-state index contributed by atoms with van der Waals surface area (Å²) in [5.41, 5.74) is 0.192. The molecule has 3 aliphatic rings. The van der Waals surface area contributed by atoms with Crippen molar-refractivity contribution in [3.63, 3.8) is 0 Å². The van der Waals surface area contributed by atoms with Gasteiger partial charge < -0.3 is 19.5 Å². The topological polar surface area (TPSA) is 76.1 Å². The predicted molar refractivity (Wildman–Crippen MR) is 84.5 cm³/mol. The molecule has 3 aliphatic heterocycles. The standard InChI is InChI=1S/C18H19NO5/c1-10(11-3-5-12(23-2)6-4-11)19-9-18-8-7-13(24-18)14(17(21)22)15(18)16(19)20/h3-8,10,13-15H,9H2,1-2H3,(H,21,22)/t10-,13+,14-,15-,18-/m1/s1. The molecular formula is C18H19NO5. The minimum Gasteiger partial charge on any atom is -0.497 e. The largest absolute Gasteiger partial charge is 0.497 e. The van der Waals surface area contributed by atoms with Crippen molar-refractivity contribution in [1.82, 2.24) is 4.90 Å². The number of hydrogen-bond donors (Lipinski definition) is 1. The van der Waals surface area contributed by atoms with Crippen LogP contribution in [0.15, 0.2) is 36.4 Å². The number of methoxy groups -OCH3 is 1. The van der Waals surface area contributed by atoms with Gasteiger partial charge >= 0.3 is 5.97 Å². The Morgan fingerprint density at radius 3 is 2.75 bits per heavy atom. The van der Waals surface area contributed by atoms with Crippen LogP contribution >= 0.6 is 0 Å². The summed E-state index contributed by atoms with van der Waals surface area (Å²) in [5.74, 6) is -1.78. The minimum atomic E-state index is -0.969. The molecule has 1 aromatic carbocycles. The highest BCUT2D eigenvalue weighted by Crippen LogP contribution is 2.53. The molecule has 5 atom stereocenters. The third-order valence-corrected chi connectivity index (χ3v) is 5.48. The fraction of sp³-hybridized carbons (Fsp3) is 0.444. The van der Waals surface area contributed by atoms with Crippen molar-refractivity contribution in [3.05, 3.63) is 42.0 Å². The maximum atomic E-state index is 12.9. The van der Waals surface area contributed by atoms with E-state index in [1.165, 1.54) is 0 Å². The highest BCUT2D eigenvalue weighted by atomic mass is 16.5. The zero-order valence-electron chi connectivity index (χ0n) is 13.5. The molecule has 2 bridgehead atoms. The molecule has 0 radical (unpaired) electrons. The number of aliphatic carboxylic acids is 1. The van der Waals surface area contributed by atoms with Gasteiger partial charge in [0.2, 0.25) is 5.91 Å². The smallest absolute Gasteiger partial charge is 0.310 e. The van der Waals surface area contributed by atoms with Gasteiger partial charge in [-0.2, -0.15) is 0 Å². The van der Waals surface area contributed by atoms with Crippen LogP contribution in [0.4, 0.5) is 0 Å². The molecule has 0 saturated carbocycles. The average molecular weight is 329 g/mol. The molecule has 4 rings (SSSR count). The van der Waals surface area contributed by atoms with Gasteiger partial charge in [-0.15, -0.1) is 0 Å². The second-order valence-corrected chi connectivity index (χ2v) is 6.65. The Hall–Kier alpha value is -2.34. The van der Waals surface area contributed by atoms with Crippen molar-refractivity contribution >= 4 is 11.9 Å². The normalized spacial score (nSPS) is 34.5. The van der Waals surface area contributed by atoms with Crippen molar-refractivity contribution in [2.45, 2.75) is 24.7 Å². The Bertz CT molecular complexity index is 727. The second-order valence-electron chi connectivity index (χ2n) is 6.65. The van der Waals surface area contributed by atoms with E-state index in [0.29, 0.717) is 6.54 Å². The van der Waals surface area contributed by atoms with Crippen LogP contribution in [0, 0.1) is 11.8 Å². The quantitative estimate of drug-likeness (QED) is 0.850. The Balaban J connectivity index is 1.63. The highest BCUT2D eigenvalue weighted by Gasteiger charge is 2.67. The van der Waals surface area contributed by atoms with Gasteiger partial charge in [0.1, 0.15) is 17.3 Å². The van der Waals surface area contributed by atoms with Gasteiger partial charge in [0.05, 0.1) is 31.7 Å². The Morgan fingerprint density at radius 2 is 2.12 bits per heavy atom. The van der Waals surface area contributed by atoms with Crippen molar-refractivity contribution in [1.29, 1.82) is 0 Å². The molecular weight excluding hydrogens is 310 g/mol. The monoisotopic (exact) mass is 329 g/mol. The molecule has 1 aromatic rings. The third kappa shape index (κ3) is 1.92. The molecule has 2 saturated heterocycles. The van der Waals surface area contributed by atoms with E-state index in [1.807, 2.05) is 37.3 Å². The first kappa shape index (κ1) is 15.2. The lowest BCUT2D eigenvalue weighted by Crippen LogP contribution is -2.39. The summed E-state index contributed by atoms with van der Waals surface area (Å²) in [6.07, 6.45) is 3.17. The van der Waals surface area contributed by atoms with Crippen molar-refractivity contribution in [3.8, 4) is 5.75 Å². The first-order valence-electron chi connectivity index (χ1n) is 8.01. The molecule has 6 nitrogen and oxygen atoms in total. The first-order valence-corrected chi connectivity index (χ1v) is 8.01. The number of nitrogens with zero attached hydrogens (tertiary/aromatic N) is 1. The second kappa shape index (κ2) is 5.08. The number of carbonyl (C=O) groups is 2. The molecule has 24 heavy (non-hydrogen) atoms. The number of ether oxygens (including phenoxy) is 2. The SMILES string of the molecule is COc1ccc([C@@H](C)N2C[C@@]34C=C[C@H](O3)[C@@H](C(=O)O)[C@@H]4C2=O)cc1. The lowest BCUT2D eigenvalue weighted by atomic mass is 9.77. The van der Waals surface area contributed by atoms with Crippen LogP contribution in [0.1, 0.15) is 18.5 Å². The van der Waals surface area contributed by atoms with Gasteiger partial charge in [-0.25, -0.2) is 0 Å². The molecule has 0 unspecified atom stereocenters. The van der Waals surface area contributed by atoms with Crippen LogP contribution in [0.2, 0.25) is 0 Å². The number of carboxylic acids is 1. The maximum absolute atomic E-state index is 12.9. The number of hydrogen-bond acceptors (Lipinski definition) is 4. The number of rotatable bonds is 4. The molecule has 2 fully saturated rings. The molecule has 1 amide bonds. The van der Waals surface area contributed by atoms with Crippen molar-refractivity contribution < 1.29 is 24.2 Å². The van der Waals surface area contributed by atoms with Gasteiger partial charge in [0, 0.05) is 0 Å². The number of carboxylic acid groups (broad SMARTS) is 1. The predicted octanol–water partition coefficient (Wildman–Crippen LogP) is 1.62. The van der Waals surface area contributed by atoms with E-state index in [4.69, 9.17) is 9.47 Å². The third-order valence-electron chi connectivity index (χ3n) is 5.48. The minimum absolute atomic E-state index is 0.141. The van der Waals surface area contributed by atoms with Gasteiger partial charge in [0.15, 0.2) is 0 Å². The first-order chi connectivity index (χ1) is 11.5. The fourth-order valence-corrected chi connectivity index (χ4v) is 4.20. The van der Waals surface area contributed by atoms with Crippen LogP contribution in [0.3, 0.4) is 0 Å². The summed E-state index contributed by atoms with van der Waals surface area (Å²) in [6, 6.07) is 7.39. The number of fused-ring (bicyclic) bond motifs is 1. The Kier molecular flexibility index (Phi) is 3.22. The number of carbonyl (C=O) groups excluding carboxylic acids is 1. The highest BCUT2D eigenvalue weighted by molar-refractivity contribution is 5.91. The summed E-state index contributed by atoms with van der Waals surface area (Å²) in [7, 11) is 1.61. The van der Waals surface area contributed by atoms with Gasteiger partial charge in [0.25, 0.3) is 0 Å². The summed E-state index contributed by atoms with van der Waals surface area (Å²) >= 11 is 0. The fourth-order valence-electron chi connectivity index (χ4n) is 4.20. The summed E-state index contributed by atoms with van der Waals surface area (Å²) < 4.78 is 11.1. The lowest BCUT2D eigenvalue weighted by molar-refractivity contribution is -0.148. The van der Waals surface area contributed by atoms with Crippen molar-refractivity contribution in [2.75, 3.05) is 13.7 Å². The molecule has 126 valence electrons. The van der Waals surface area contributed by atoms with Crippen molar-refractivity contribution in [2.24, 2.45) is 11.8 Å². The molecule has 6 heteroatoms. The zero-order chi connectivity index (χ0) is 17.1. The van der Waals surface area contributed by atoms with Gasteiger partial charge in [-0.1, -0.05) is 24.3 Å². The summed E-state index contributed by atoms with van der Waals surface area (Å²) in [6.45, 7) is 2.34. The van der Waals surface area contributed by atoms with Crippen LogP contribution in [-0.4, -0.2) is 47.2 Å². The maximum Gasteiger partial charge on any atom is 0.310 e. The number of benzene rings is 1. The van der Waals surface area contributed by atoms with Crippen LogP contribution in [0.5, 0.6) is 5.75 Å². The van der Waals surface area contributed by atoms with E-state index in [2.05, 4.69) is 0 Å². The van der Waals surface area contributed by atoms with Crippen LogP contribution < -0.4 is 4.74 Å². The lowest BCUT2D eigenvalue weighted by Gasteiger charge is -2.27. The van der Waals surface area contributed by atoms with E-state index in [0.717, 1.165) is 11.3 Å². The number of likely N-dealkylation sites (tertiary alicyclic amines) is 1. The molecule has 0 aliphatic carbocycles. The number of amides is 1. The van der Waals surface area contributed by atoms with E-state index in [-0.39, 0.29) is 11.9 Å². The van der Waals surface area contributed by atoms with E-state index in [1.54, 1.807) is 18.1 Å². The van der Waals surface area contributed by atoms with Gasteiger partial charge in [-0.3, -0.25) is 9.59 Å². The van der Waals surface area contributed by atoms with Crippen LogP contribution in [0.25, 0.3) is 0 Å². The van der Waals surface area contributed by atoms with Gasteiger partial charge in [-0.05, 0) is 24.6 Å². The van der Waals surface area contributed by atoms with Crippen LogP contribution in [-0.2, 0) is 14.3 Å². The molecule has 3 heterocycles. The zero-order valence-corrected chi connectivity index (χ0v) is 13.5.